The highest BCUT2D eigenvalue weighted by atomic mass is 16.5. The van der Waals surface area contributed by atoms with Gasteiger partial charge in [0.1, 0.15) is 5.82 Å². The third-order valence-corrected chi connectivity index (χ3v) is 3.79. The molecule has 1 aliphatic heterocycles. The Labute approximate surface area is 115 Å². The molecule has 0 radical (unpaired) electrons. The molecule has 1 aliphatic rings. The molecule has 1 saturated heterocycles. The van der Waals surface area contributed by atoms with Crippen LogP contribution in [0.5, 0.6) is 0 Å². The first kappa shape index (κ1) is 14.2. The monoisotopic (exact) mass is 264 g/mol. The first-order valence-corrected chi connectivity index (χ1v) is 6.96. The van der Waals surface area contributed by atoms with Crippen molar-refractivity contribution in [3.8, 4) is 0 Å². The van der Waals surface area contributed by atoms with Gasteiger partial charge in [-0.1, -0.05) is 0 Å². The van der Waals surface area contributed by atoms with Gasteiger partial charge in [0.15, 0.2) is 0 Å². The fourth-order valence-electron chi connectivity index (χ4n) is 2.31. The second kappa shape index (κ2) is 6.30. The number of nitrogens with zero attached hydrogens (tertiary/aromatic N) is 3. The summed E-state index contributed by atoms with van der Waals surface area (Å²) in [6.45, 7) is 12.1. The molecule has 0 saturated carbocycles. The molecule has 2 atom stereocenters. The minimum atomic E-state index is 0.327. The number of ether oxygens (including phenoxy) is 1. The lowest BCUT2D eigenvalue weighted by Gasteiger charge is -2.36. The summed E-state index contributed by atoms with van der Waals surface area (Å²) in [6, 6.07) is 0.776. The van der Waals surface area contributed by atoms with Crippen LogP contribution < -0.4 is 5.32 Å². The van der Waals surface area contributed by atoms with Crippen molar-refractivity contribution in [3.63, 3.8) is 0 Å². The van der Waals surface area contributed by atoms with Gasteiger partial charge in [0, 0.05) is 31.4 Å². The highest BCUT2D eigenvalue weighted by Crippen LogP contribution is 2.14. The molecule has 0 spiro atoms. The van der Waals surface area contributed by atoms with Crippen molar-refractivity contribution in [2.24, 2.45) is 0 Å². The number of hydrogen-bond donors (Lipinski definition) is 1. The van der Waals surface area contributed by atoms with E-state index in [4.69, 9.17) is 4.74 Å². The third-order valence-electron chi connectivity index (χ3n) is 3.79. The van der Waals surface area contributed by atoms with E-state index in [1.165, 1.54) is 0 Å². The van der Waals surface area contributed by atoms with Gasteiger partial charge in [-0.25, -0.2) is 4.98 Å². The molecule has 0 aromatic carbocycles. The van der Waals surface area contributed by atoms with Crippen LogP contribution in [-0.2, 0) is 4.74 Å². The van der Waals surface area contributed by atoms with Crippen molar-refractivity contribution >= 4 is 5.82 Å². The molecule has 0 aliphatic carbocycles. The maximum atomic E-state index is 5.40. The van der Waals surface area contributed by atoms with E-state index >= 15 is 0 Å². The van der Waals surface area contributed by atoms with E-state index in [2.05, 4.69) is 34.0 Å². The summed E-state index contributed by atoms with van der Waals surface area (Å²) < 4.78 is 5.40. The molecule has 1 N–H and O–H groups in total. The number of aryl methyl sites for hydroxylation is 2. The Morgan fingerprint density at radius 1 is 1.26 bits per heavy atom. The quantitative estimate of drug-likeness (QED) is 0.895. The molecule has 19 heavy (non-hydrogen) atoms. The van der Waals surface area contributed by atoms with Crippen molar-refractivity contribution in [2.45, 2.75) is 39.8 Å². The molecule has 0 amide bonds. The summed E-state index contributed by atoms with van der Waals surface area (Å²) in [5.74, 6) is 0.896. The molecule has 106 valence electrons. The van der Waals surface area contributed by atoms with E-state index in [-0.39, 0.29) is 0 Å². The lowest BCUT2D eigenvalue weighted by atomic mass is 10.1. The fourth-order valence-corrected chi connectivity index (χ4v) is 2.31. The Bertz CT molecular complexity index is 418. The molecule has 1 aromatic heterocycles. The maximum Gasteiger partial charge on any atom is 0.148 e. The maximum absolute atomic E-state index is 5.40. The standard InChI is InChI=1S/C14H24N4O/c1-10-9-15-12(3)14(16-10)17-11(2)13(4)18-5-7-19-8-6-18/h9,11,13H,5-8H2,1-4H3,(H,16,17). The van der Waals surface area contributed by atoms with E-state index in [1.54, 1.807) is 6.20 Å². The van der Waals surface area contributed by atoms with Gasteiger partial charge in [-0.2, -0.15) is 0 Å². The molecular weight excluding hydrogens is 240 g/mol. The van der Waals surface area contributed by atoms with Crippen molar-refractivity contribution in [1.29, 1.82) is 0 Å². The number of morpholine rings is 1. The van der Waals surface area contributed by atoms with Gasteiger partial charge in [0.2, 0.25) is 0 Å². The lowest BCUT2D eigenvalue weighted by Crippen LogP contribution is -2.48. The van der Waals surface area contributed by atoms with Crippen LogP contribution in [0.25, 0.3) is 0 Å². The molecule has 0 bridgehead atoms. The van der Waals surface area contributed by atoms with Gasteiger partial charge in [-0.15, -0.1) is 0 Å². The van der Waals surface area contributed by atoms with E-state index in [0.29, 0.717) is 12.1 Å². The molecule has 5 heteroatoms. The normalized spacial score (nSPS) is 20.0. The Morgan fingerprint density at radius 3 is 2.63 bits per heavy atom. The Morgan fingerprint density at radius 2 is 1.95 bits per heavy atom. The summed E-state index contributed by atoms with van der Waals surface area (Å²) in [5, 5.41) is 3.49. The van der Waals surface area contributed by atoms with E-state index in [9.17, 15) is 0 Å². The van der Waals surface area contributed by atoms with Gasteiger partial charge in [0.25, 0.3) is 0 Å². The number of aromatic nitrogens is 2. The van der Waals surface area contributed by atoms with Gasteiger partial charge >= 0.3 is 0 Å². The summed E-state index contributed by atoms with van der Waals surface area (Å²) in [5.41, 5.74) is 1.89. The Kier molecular flexibility index (Phi) is 4.71. The molecule has 2 unspecified atom stereocenters. The third kappa shape index (κ3) is 3.64. The van der Waals surface area contributed by atoms with E-state index < -0.39 is 0 Å². The minimum absolute atomic E-state index is 0.327. The van der Waals surface area contributed by atoms with E-state index in [0.717, 1.165) is 43.5 Å². The molecular formula is C14H24N4O. The molecule has 2 heterocycles. The molecule has 1 aromatic rings. The smallest absolute Gasteiger partial charge is 0.148 e. The first-order chi connectivity index (χ1) is 9.08. The van der Waals surface area contributed by atoms with Crippen molar-refractivity contribution in [2.75, 3.05) is 31.6 Å². The zero-order valence-corrected chi connectivity index (χ0v) is 12.3. The van der Waals surface area contributed by atoms with E-state index in [1.807, 2.05) is 13.8 Å². The first-order valence-electron chi connectivity index (χ1n) is 6.96. The second-order valence-electron chi connectivity index (χ2n) is 5.27. The van der Waals surface area contributed by atoms with Crippen molar-refractivity contribution in [3.05, 3.63) is 17.6 Å². The van der Waals surface area contributed by atoms with Gasteiger partial charge in [-0.05, 0) is 27.7 Å². The summed E-state index contributed by atoms with van der Waals surface area (Å²) in [6.07, 6.45) is 1.80. The topological polar surface area (TPSA) is 50.3 Å². The number of anilines is 1. The highest BCUT2D eigenvalue weighted by Gasteiger charge is 2.22. The lowest BCUT2D eigenvalue weighted by molar-refractivity contribution is 0.0175. The number of nitrogens with one attached hydrogen (secondary N) is 1. The Hall–Kier alpha value is -1.20. The second-order valence-corrected chi connectivity index (χ2v) is 5.27. The average Bonchev–Trinajstić information content (AvgIpc) is 2.43. The predicted molar refractivity (Wildman–Crippen MR) is 76.4 cm³/mol. The number of hydrogen-bond acceptors (Lipinski definition) is 5. The van der Waals surface area contributed by atoms with Crippen LogP contribution in [0.1, 0.15) is 25.2 Å². The summed E-state index contributed by atoms with van der Waals surface area (Å²) in [4.78, 5) is 11.3. The van der Waals surface area contributed by atoms with Crippen molar-refractivity contribution < 1.29 is 4.74 Å². The highest BCUT2D eigenvalue weighted by molar-refractivity contribution is 5.40. The fraction of sp³-hybridized carbons (Fsp3) is 0.714. The van der Waals surface area contributed by atoms with Crippen LogP contribution in [-0.4, -0.2) is 53.3 Å². The van der Waals surface area contributed by atoms with Gasteiger partial charge in [0.05, 0.1) is 24.6 Å². The van der Waals surface area contributed by atoms with Crippen LogP contribution in [0.2, 0.25) is 0 Å². The summed E-state index contributed by atoms with van der Waals surface area (Å²) >= 11 is 0. The molecule has 5 nitrogen and oxygen atoms in total. The molecule has 2 rings (SSSR count). The Balaban J connectivity index is 1.99. The zero-order chi connectivity index (χ0) is 13.8. The van der Waals surface area contributed by atoms with Crippen molar-refractivity contribution in [1.82, 2.24) is 14.9 Å². The molecule has 1 fully saturated rings. The zero-order valence-electron chi connectivity index (χ0n) is 12.3. The van der Waals surface area contributed by atoms with Crippen LogP contribution in [0.15, 0.2) is 6.20 Å². The van der Waals surface area contributed by atoms with Crippen LogP contribution in [0, 0.1) is 13.8 Å². The number of rotatable bonds is 4. The largest absolute Gasteiger partial charge is 0.379 e. The van der Waals surface area contributed by atoms with Crippen LogP contribution in [0.4, 0.5) is 5.82 Å². The van der Waals surface area contributed by atoms with Gasteiger partial charge < -0.3 is 10.1 Å². The minimum Gasteiger partial charge on any atom is -0.379 e. The van der Waals surface area contributed by atoms with Crippen LogP contribution in [0.3, 0.4) is 0 Å². The van der Waals surface area contributed by atoms with Gasteiger partial charge in [-0.3, -0.25) is 9.88 Å². The average molecular weight is 264 g/mol. The summed E-state index contributed by atoms with van der Waals surface area (Å²) in [7, 11) is 0. The van der Waals surface area contributed by atoms with Crippen LogP contribution >= 0.6 is 0 Å². The predicted octanol–water partition coefficient (Wildman–Crippen LogP) is 1.61. The SMILES string of the molecule is Cc1cnc(C)c(NC(C)C(C)N2CCOCC2)n1.